The van der Waals surface area contributed by atoms with Crippen molar-refractivity contribution in [2.75, 3.05) is 13.1 Å². The summed E-state index contributed by atoms with van der Waals surface area (Å²) in [5, 5.41) is 0. The summed E-state index contributed by atoms with van der Waals surface area (Å²) in [4.78, 5) is 2.74. The van der Waals surface area contributed by atoms with Gasteiger partial charge in [0.05, 0.1) is 0 Å². The van der Waals surface area contributed by atoms with Crippen molar-refractivity contribution in [3.05, 3.63) is 0 Å². The molecule has 2 heteroatoms. The summed E-state index contributed by atoms with van der Waals surface area (Å²) in [5.74, 6) is 1.69. The van der Waals surface area contributed by atoms with E-state index in [9.17, 15) is 0 Å². The summed E-state index contributed by atoms with van der Waals surface area (Å²) >= 11 is 0. The molecule has 112 valence electrons. The Bertz CT molecular complexity index is 274. The highest BCUT2D eigenvalue weighted by Gasteiger charge is 2.44. The molecule has 0 radical (unpaired) electrons. The topological polar surface area (TPSA) is 29.3 Å². The van der Waals surface area contributed by atoms with E-state index in [1.165, 1.54) is 64.5 Å². The number of nitrogens with zero attached hydrogens (tertiary/aromatic N) is 1. The van der Waals surface area contributed by atoms with Gasteiger partial charge in [-0.1, -0.05) is 39.0 Å². The van der Waals surface area contributed by atoms with Crippen molar-refractivity contribution in [1.82, 2.24) is 4.90 Å². The molecular formula is C17H34N2. The van der Waals surface area contributed by atoms with Gasteiger partial charge >= 0.3 is 0 Å². The Morgan fingerprint density at radius 1 is 1.05 bits per heavy atom. The molecule has 2 fully saturated rings. The minimum absolute atomic E-state index is 0.385. The van der Waals surface area contributed by atoms with Crippen LogP contribution in [0.25, 0.3) is 0 Å². The van der Waals surface area contributed by atoms with Crippen LogP contribution in [0.3, 0.4) is 0 Å². The molecule has 3 atom stereocenters. The third-order valence-corrected chi connectivity index (χ3v) is 5.66. The molecule has 0 spiro atoms. The summed E-state index contributed by atoms with van der Waals surface area (Å²) in [6, 6.07) is 0.482. The van der Waals surface area contributed by atoms with Crippen LogP contribution < -0.4 is 5.73 Å². The second-order valence-corrected chi connectivity index (χ2v) is 7.55. The summed E-state index contributed by atoms with van der Waals surface area (Å²) in [5.41, 5.74) is 6.64. The van der Waals surface area contributed by atoms with E-state index in [1.54, 1.807) is 0 Å². The van der Waals surface area contributed by atoms with Crippen LogP contribution in [-0.4, -0.2) is 29.6 Å². The standard InChI is InChI=1S/C17H34N2/c1-4-5-6-7-8-11-17(2,3)19-12-14-9-10-16(18)15(14)13-19/h14-16H,4-13,18H2,1-3H3/t14-,15+,16?/m1/s1. The maximum absolute atomic E-state index is 6.25. The molecule has 0 aromatic carbocycles. The van der Waals surface area contributed by atoms with Gasteiger partial charge in [-0.2, -0.15) is 0 Å². The number of unbranched alkanes of at least 4 members (excludes halogenated alkanes) is 4. The van der Waals surface area contributed by atoms with Crippen LogP contribution >= 0.6 is 0 Å². The number of hydrogen-bond donors (Lipinski definition) is 1. The van der Waals surface area contributed by atoms with E-state index in [-0.39, 0.29) is 0 Å². The minimum atomic E-state index is 0.385. The zero-order chi connectivity index (χ0) is 13.9. The lowest BCUT2D eigenvalue weighted by Crippen LogP contribution is -2.43. The Kier molecular flexibility index (Phi) is 5.30. The Morgan fingerprint density at radius 2 is 1.79 bits per heavy atom. The molecule has 0 aromatic rings. The van der Waals surface area contributed by atoms with E-state index >= 15 is 0 Å². The number of likely N-dealkylation sites (tertiary alicyclic amines) is 1. The summed E-state index contributed by atoms with van der Waals surface area (Å²) in [7, 11) is 0. The summed E-state index contributed by atoms with van der Waals surface area (Å²) in [6.07, 6.45) is 11.0. The van der Waals surface area contributed by atoms with Crippen LogP contribution in [0.15, 0.2) is 0 Å². The molecular weight excluding hydrogens is 232 g/mol. The quantitative estimate of drug-likeness (QED) is 0.710. The lowest BCUT2D eigenvalue weighted by atomic mass is 9.94. The van der Waals surface area contributed by atoms with E-state index in [2.05, 4.69) is 25.7 Å². The van der Waals surface area contributed by atoms with E-state index in [0.29, 0.717) is 11.6 Å². The average molecular weight is 266 g/mol. The Morgan fingerprint density at radius 3 is 2.47 bits per heavy atom. The van der Waals surface area contributed by atoms with Crippen LogP contribution in [0.4, 0.5) is 0 Å². The molecule has 2 aliphatic rings. The molecule has 0 bridgehead atoms. The van der Waals surface area contributed by atoms with Gasteiger partial charge in [-0.05, 0) is 44.9 Å². The average Bonchev–Trinajstić information content (AvgIpc) is 2.92. The Labute approximate surface area is 120 Å². The number of hydrogen-bond acceptors (Lipinski definition) is 2. The van der Waals surface area contributed by atoms with Gasteiger partial charge in [0.25, 0.3) is 0 Å². The monoisotopic (exact) mass is 266 g/mol. The number of nitrogens with two attached hydrogens (primary N) is 1. The second kappa shape index (κ2) is 6.58. The zero-order valence-corrected chi connectivity index (χ0v) is 13.3. The number of fused-ring (bicyclic) bond motifs is 1. The normalized spacial score (nSPS) is 31.9. The molecule has 1 saturated carbocycles. The van der Waals surface area contributed by atoms with Gasteiger partial charge in [0.2, 0.25) is 0 Å². The third kappa shape index (κ3) is 3.72. The maximum Gasteiger partial charge on any atom is 0.0153 e. The Balaban J connectivity index is 1.74. The maximum atomic E-state index is 6.25. The van der Waals surface area contributed by atoms with Gasteiger partial charge in [0.1, 0.15) is 0 Å². The molecule has 1 aliphatic heterocycles. The van der Waals surface area contributed by atoms with Crippen molar-refractivity contribution >= 4 is 0 Å². The highest BCUT2D eigenvalue weighted by molar-refractivity contribution is 4.99. The number of rotatable bonds is 7. The molecule has 19 heavy (non-hydrogen) atoms. The zero-order valence-electron chi connectivity index (χ0n) is 13.3. The molecule has 1 saturated heterocycles. The lowest BCUT2D eigenvalue weighted by Gasteiger charge is -2.36. The van der Waals surface area contributed by atoms with Gasteiger partial charge < -0.3 is 5.73 Å². The van der Waals surface area contributed by atoms with Crippen LogP contribution in [0.2, 0.25) is 0 Å². The van der Waals surface area contributed by atoms with Crippen molar-refractivity contribution in [2.45, 2.75) is 83.7 Å². The first kappa shape index (κ1) is 15.3. The van der Waals surface area contributed by atoms with Gasteiger partial charge in [-0.25, -0.2) is 0 Å². The molecule has 1 heterocycles. The van der Waals surface area contributed by atoms with Crippen molar-refractivity contribution in [3.8, 4) is 0 Å². The third-order valence-electron chi connectivity index (χ3n) is 5.66. The molecule has 0 amide bonds. The van der Waals surface area contributed by atoms with E-state index < -0.39 is 0 Å². The first-order valence-corrected chi connectivity index (χ1v) is 8.55. The SMILES string of the molecule is CCCCCCCC(C)(C)N1C[C@H]2CCC(N)[C@H]2C1. The van der Waals surface area contributed by atoms with Crippen LogP contribution in [0.5, 0.6) is 0 Å². The lowest BCUT2D eigenvalue weighted by molar-refractivity contribution is 0.127. The van der Waals surface area contributed by atoms with Crippen molar-refractivity contribution in [2.24, 2.45) is 17.6 Å². The second-order valence-electron chi connectivity index (χ2n) is 7.55. The fourth-order valence-electron chi connectivity index (χ4n) is 4.12. The predicted molar refractivity (Wildman–Crippen MR) is 83.2 cm³/mol. The molecule has 2 rings (SSSR count). The molecule has 1 unspecified atom stereocenters. The van der Waals surface area contributed by atoms with Crippen LogP contribution in [-0.2, 0) is 0 Å². The summed E-state index contributed by atoms with van der Waals surface area (Å²) < 4.78 is 0. The fourth-order valence-corrected chi connectivity index (χ4v) is 4.12. The molecule has 2 N–H and O–H groups in total. The van der Waals surface area contributed by atoms with Crippen molar-refractivity contribution in [3.63, 3.8) is 0 Å². The van der Waals surface area contributed by atoms with Gasteiger partial charge in [0, 0.05) is 24.7 Å². The first-order valence-electron chi connectivity index (χ1n) is 8.55. The van der Waals surface area contributed by atoms with E-state index in [0.717, 1.165) is 11.8 Å². The highest BCUT2D eigenvalue weighted by atomic mass is 15.2. The van der Waals surface area contributed by atoms with Crippen molar-refractivity contribution in [1.29, 1.82) is 0 Å². The molecule has 0 aromatic heterocycles. The summed E-state index contributed by atoms with van der Waals surface area (Å²) in [6.45, 7) is 9.74. The van der Waals surface area contributed by atoms with E-state index in [1.807, 2.05) is 0 Å². The fraction of sp³-hybridized carbons (Fsp3) is 1.00. The molecule has 2 nitrogen and oxygen atoms in total. The van der Waals surface area contributed by atoms with Gasteiger partial charge in [0.15, 0.2) is 0 Å². The molecule has 1 aliphatic carbocycles. The Hall–Kier alpha value is -0.0800. The van der Waals surface area contributed by atoms with Gasteiger partial charge in [-0.3, -0.25) is 4.90 Å². The van der Waals surface area contributed by atoms with Crippen molar-refractivity contribution < 1.29 is 0 Å². The highest BCUT2D eigenvalue weighted by Crippen LogP contribution is 2.40. The van der Waals surface area contributed by atoms with Crippen LogP contribution in [0, 0.1) is 11.8 Å². The first-order chi connectivity index (χ1) is 9.04. The predicted octanol–water partition coefficient (Wildman–Crippen LogP) is 3.79. The van der Waals surface area contributed by atoms with Crippen LogP contribution in [0.1, 0.15) is 72.1 Å². The van der Waals surface area contributed by atoms with Gasteiger partial charge in [-0.15, -0.1) is 0 Å². The smallest absolute Gasteiger partial charge is 0.0153 e. The largest absolute Gasteiger partial charge is 0.327 e. The minimum Gasteiger partial charge on any atom is -0.327 e. The van der Waals surface area contributed by atoms with E-state index in [4.69, 9.17) is 5.73 Å².